The smallest absolute Gasteiger partial charge is 0.313 e. The molecule has 5 heteroatoms. The van der Waals surface area contributed by atoms with E-state index >= 15 is 0 Å². The summed E-state index contributed by atoms with van der Waals surface area (Å²) in [5, 5.41) is 9.65. The predicted octanol–water partition coefficient (Wildman–Crippen LogP) is 1.48. The quantitative estimate of drug-likeness (QED) is 0.421. The summed E-state index contributed by atoms with van der Waals surface area (Å²) in [6.45, 7) is 0.839. The summed E-state index contributed by atoms with van der Waals surface area (Å²) in [4.78, 5) is 22.2. The van der Waals surface area contributed by atoms with Crippen LogP contribution < -0.4 is 0 Å². The Labute approximate surface area is 118 Å². The van der Waals surface area contributed by atoms with E-state index in [0.29, 0.717) is 19.6 Å². The lowest BCUT2D eigenvalue weighted by Gasteiger charge is -2.10. The average Bonchev–Trinajstić information content (AvgIpc) is 2.44. The van der Waals surface area contributed by atoms with E-state index in [1.165, 1.54) is 7.11 Å². The van der Waals surface area contributed by atoms with Crippen LogP contribution in [0.25, 0.3) is 0 Å². The molecule has 0 aliphatic heterocycles. The number of carbonyl (C=O) groups excluding carboxylic acids is 2. The summed E-state index contributed by atoms with van der Waals surface area (Å²) >= 11 is 0. The highest BCUT2D eigenvalue weighted by Crippen LogP contribution is 2.05. The first-order valence-corrected chi connectivity index (χ1v) is 6.50. The van der Waals surface area contributed by atoms with Crippen molar-refractivity contribution in [1.29, 1.82) is 0 Å². The van der Waals surface area contributed by atoms with Crippen molar-refractivity contribution < 1.29 is 24.2 Å². The number of Topliss-reactive ketones (excluding diaryl/α,β-unsaturated/α-hetero) is 1. The van der Waals surface area contributed by atoms with Crippen LogP contribution in [0.3, 0.4) is 0 Å². The summed E-state index contributed by atoms with van der Waals surface area (Å²) in [5.74, 6) is -0.907. The third kappa shape index (κ3) is 7.01. The first kappa shape index (κ1) is 16.3. The van der Waals surface area contributed by atoms with Gasteiger partial charge in [-0.2, -0.15) is 0 Å². The standard InChI is InChI=1S/C15H20O5/c1-19-15(18)10-14(17)9-13(16)7-8-20-11-12-5-3-2-4-6-12/h2-6,13,16H,7-11H2,1H3. The molecule has 1 N–H and O–H groups in total. The van der Waals surface area contributed by atoms with Crippen LogP contribution in [-0.2, 0) is 25.7 Å². The van der Waals surface area contributed by atoms with Crippen LogP contribution in [0.4, 0.5) is 0 Å². The molecule has 20 heavy (non-hydrogen) atoms. The average molecular weight is 280 g/mol. The number of ether oxygens (including phenoxy) is 2. The molecule has 1 atom stereocenters. The molecule has 5 nitrogen and oxygen atoms in total. The molecule has 0 aliphatic carbocycles. The van der Waals surface area contributed by atoms with Gasteiger partial charge in [0.2, 0.25) is 0 Å². The molecular weight excluding hydrogens is 260 g/mol. The maximum Gasteiger partial charge on any atom is 0.313 e. The second-order valence-electron chi connectivity index (χ2n) is 4.48. The molecule has 0 bridgehead atoms. The maximum absolute atomic E-state index is 11.4. The van der Waals surface area contributed by atoms with Gasteiger partial charge < -0.3 is 14.6 Å². The van der Waals surface area contributed by atoms with Gasteiger partial charge in [-0.3, -0.25) is 9.59 Å². The van der Waals surface area contributed by atoms with Crippen molar-refractivity contribution in [2.24, 2.45) is 0 Å². The van der Waals surface area contributed by atoms with Crippen molar-refractivity contribution in [2.75, 3.05) is 13.7 Å². The van der Waals surface area contributed by atoms with Crippen LogP contribution in [0, 0.1) is 0 Å². The molecule has 0 saturated heterocycles. The topological polar surface area (TPSA) is 72.8 Å². The van der Waals surface area contributed by atoms with Crippen LogP contribution >= 0.6 is 0 Å². The van der Waals surface area contributed by atoms with E-state index in [4.69, 9.17) is 4.74 Å². The molecule has 0 heterocycles. The zero-order valence-electron chi connectivity index (χ0n) is 11.6. The lowest BCUT2D eigenvalue weighted by Crippen LogP contribution is -2.18. The van der Waals surface area contributed by atoms with Gasteiger partial charge in [-0.05, 0) is 12.0 Å². The van der Waals surface area contributed by atoms with Gasteiger partial charge in [-0.15, -0.1) is 0 Å². The maximum atomic E-state index is 11.4. The van der Waals surface area contributed by atoms with Crippen molar-refractivity contribution in [1.82, 2.24) is 0 Å². The van der Waals surface area contributed by atoms with E-state index in [9.17, 15) is 14.7 Å². The Morgan fingerprint density at radius 2 is 1.95 bits per heavy atom. The number of hydrogen-bond donors (Lipinski definition) is 1. The molecule has 1 rings (SSSR count). The van der Waals surface area contributed by atoms with E-state index < -0.39 is 12.1 Å². The van der Waals surface area contributed by atoms with Gasteiger partial charge >= 0.3 is 5.97 Å². The van der Waals surface area contributed by atoms with Crippen LogP contribution in [0.15, 0.2) is 30.3 Å². The molecular formula is C15H20O5. The molecule has 110 valence electrons. The largest absolute Gasteiger partial charge is 0.469 e. The van der Waals surface area contributed by atoms with E-state index in [-0.39, 0.29) is 18.6 Å². The Kier molecular flexibility index (Phi) is 7.54. The Morgan fingerprint density at radius 1 is 1.25 bits per heavy atom. The predicted molar refractivity (Wildman–Crippen MR) is 73.0 cm³/mol. The molecule has 0 aliphatic rings. The molecule has 1 aromatic carbocycles. The summed E-state index contributed by atoms with van der Waals surface area (Å²) < 4.78 is 9.80. The highest BCUT2D eigenvalue weighted by Gasteiger charge is 2.14. The Balaban J connectivity index is 2.12. The lowest BCUT2D eigenvalue weighted by atomic mass is 10.1. The fraction of sp³-hybridized carbons (Fsp3) is 0.467. The number of carbonyl (C=O) groups is 2. The van der Waals surface area contributed by atoms with Crippen molar-refractivity contribution in [3.8, 4) is 0 Å². The number of esters is 1. The highest BCUT2D eigenvalue weighted by atomic mass is 16.5. The third-order valence-corrected chi connectivity index (χ3v) is 2.74. The van der Waals surface area contributed by atoms with Gasteiger partial charge in [0.25, 0.3) is 0 Å². The van der Waals surface area contributed by atoms with E-state index in [2.05, 4.69) is 4.74 Å². The van der Waals surface area contributed by atoms with Crippen LogP contribution in [0.5, 0.6) is 0 Å². The second-order valence-corrected chi connectivity index (χ2v) is 4.48. The van der Waals surface area contributed by atoms with Gasteiger partial charge in [0.15, 0.2) is 0 Å². The zero-order chi connectivity index (χ0) is 14.8. The van der Waals surface area contributed by atoms with Crippen molar-refractivity contribution in [3.63, 3.8) is 0 Å². The summed E-state index contributed by atoms with van der Waals surface area (Å²) in [5.41, 5.74) is 1.06. The first-order valence-electron chi connectivity index (χ1n) is 6.50. The monoisotopic (exact) mass is 280 g/mol. The highest BCUT2D eigenvalue weighted by molar-refractivity contribution is 5.95. The normalized spacial score (nSPS) is 11.9. The minimum Gasteiger partial charge on any atom is -0.469 e. The van der Waals surface area contributed by atoms with Crippen LogP contribution in [0.1, 0.15) is 24.8 Å². The minimum absolute atomic E-state index is 0.0518. The molecule has 0 aromatic heterocycles. The molecule has 0 spiro atoms. The van der Waals surface area contributed by atoms with Crippen LogP contribution in [0.2, 0.25) is 0 Å². The van der Waals surface area contributed by atoms with Gasteiger partial charge in [0.1, 0.15) is 12.2 Å². The van der Waals surface area contributed by atoms with Gasteiger partial charge in [-0.1, -0.05) is 30.3 Å². The minimum atomic E-state index is -0.789. The molecule has 0 fully saturated rings. The van der Waals surface area contributed by atoms with Crippen molar-refractivity contribution in [3.05, 3.63) is 35.9 Å². The number of aliphatic hydroxyl groups is 1. The number of ketones is 1. The van der Waals surface area contributed by atoms with E-state index in [1.54, 1.807) is 0 Å². The van der Waals surface area contributed by atoms with E-state index in [0.717, 1.165) is 5.56 Å². The number of rotatable bonds is 9. The SMILES string of the molecule is COC(=O)CC(=O)CC(O)CCOCc1ccccc1. The molecule has 1 aromatic rings. The number of methoxy groups -OCH3 is 1. The zero-order valence-corrected chi connectivity index (χ0v) is 11.6. The fourth-order valence-corrected chi connectivity index (χ4v) is 1.65. The van der Waals surface area contributed by atoms with Gasteiger partial charge in [0.05, 0.1) is 19.8 Å². The van der Waals surface area contributed by atoms with Crippen LogP contribution in [-0.4, -0.2) is 36.7 Å². The first-order chi connectivity index (χ1) is 9.61. The van der Waals surface area contributed by atoms with Gasteiger partial charge in [-0.25, -0.2) is 0 Å². The molecule has 1 unspecified atom stereocenters. The summed E-state index contributed by atoms with van der Waals surface area (Å²) in [6, 6.07) is 9.70. The number of aliphatic hydroxyl groups excluding tert-OH is 1. The molecule has 0 amide bonds. The van der Waals surface area contributed by atoms with Crippen molar-refractivity contribution in [2.45, 2.75) is 32.0 Å². The number of benzene rings is 1. The number of hydrogen-bond acceptors (Lipinski definition) is 5. The molecule has 0 saturated carbocycles. The lowest BCUT2D eigenvalue weighted by molar-refractivity contribution is -0.143. The Morgan fingerprint density at radius 3 is 2.60 bits per heavy atom. The van der Waals surface area contributed by atoms with E-state index in [1.807, 2.05) is 30.3 Å². The fourth-order valence-electron chi connectivity index (χ4n) is 1.65. The van der Waals surface area contributed by atoms with Gasteiger partial charge in [0, 0.05) is 13.0 Å². The summed E-state index contributed by atoms with van der Waals surface area (Å²) in [6.07, 6.45) is -0.773. The third-order valence-electron chi connectivity index (χ3n) is 2.74. The second kappa shape index (κ2) is 9.23. The summed E-state index contributed by atoms with van der Waals surface area (Å²) in [7, 11) is 1.23. The Bertz CT molecular complexity index is 416. The molecule has 0 radical (unpaired) electrons. The Hall–Kier alpha value is -1.72. The van der Waals surface area contributed by atoms with Crippen molar-refractivity contribution >= 4 is 11.8 Å².